The maximum Gasteiger partial charge on any atom is 0.283 e. The summed E-state index contributed by atoms with van der Waals surface area (Å²) in [6.07, 6.45) is 5.12. The van der Waals surface area contributed by atoms with Crippen molar-refractivity contribution in [1.29, 1.82) is 5.41 Å². The molecule has 2 aromatic rings. The van der Waals surface area contributed by atoms with Crippen LogP contribution in [0.1, 0.15) is 36.0 Å². The lowest BCUT2D eigenvalue weighted by atomic mass is 10.1. The highest BCUT2D eigenvalue weighted by molar-refractivity contribution is 8.26. The van der Waals surface area contributed by atoms with Gasteiger partial charge in [0, 0.05) is 13.1 Å². The van der Waals surface area contributed by atoms with Gasteiger partial charge in [0.15, 0.2) is 22.5 Å². The van der Waals surface area contributed by atoms with E-state index >= 15 is 0 Å². The molecule has 180 valence electrons. The number of likely N-dealkylation sites (tertiary alicyclic amines) is 1. The lowest BCUT2D eigenvalue weighted by Crippen LogP contribution is -2.35. The van der Waals surface area contributed by atoms with Crippen LogP contribution >= 0.6 is 11.8 Å². The van der Waals surface area contributed by atoms with E-state index in [1.807, 2.05) is 37.3 Å². The van der Waals surface area contributed by atoms with Crippen LogP contribution in [0.4, 0.5) is 0 Å². The molecule has 1 amide bonds. The Kier molecular flexibility index (Phi) is 6.59. The van der Waals surface area contributed by atoms with Gasteiger partial charge in [0.2, 0.25) is 5.17 Å². The number of amides is 1. The number of methoxy groups -OCH3 is 1. The first-order valence-corrected chi connectivity index (χ1v) is 12.4. The molecule has 1 N–H and O–H groups in total. The van der Waals surface area contributed by atoms with Gasteiger partial charge in [-0.2, -0.15) is 10.0 Å². The van der Waals surface area contributed by atoms with Crippen molar-refractivity contribution in [2.24, 2.45) is 10.1 Å². The summed E-state index contributed by atoms with van der Waals surface area (Å²) in [4.78, 5) is 19.2. The third-order valence-corrected chi connectivity index (χ3v) is 7.02. The number of rotatable bonds is 5. The second-order valence-corrected chi connectivity index (χ2v) is 9.57. The zero-order chi connectivity index (χ0) is 24.4. The average Bonchev–Trinajstić information content (AvgIpc) is 3.30. The largest absolute Gasteiger partial charge is 0.493 e. The lowest BCUT2D eigenvalue weighted by molar-refractivity contribution is -0.114. The number of nitrogens with one attached hydrogen (secondary N) is 1. The number of thioether (sulfide) groups is 1. The van der Waals surface area contributed by atoms with Crippen molar-refractivity contribution in [2.75, 3.05) is 20.2 Å². The third-order valence-electron chi connectivity index (χ3n) is 6.05. The quantitative estimate of drug-likeness (QED) is 0.615. The fourth-order valence-corrected chi connectivity index (χ4v) is 5.16. The Hall–Kier alpha value is -3.59. The van der Waals surface area contributed by atoms with Gasteiger partial charge < -0.3 is 14.4 Å². The van der Waals surface area contributed by atoms with Crippen molar-refractivity contribution >= 4 is 39.9 Å². The molecule has 0 aromatic heterocycles. The Labute approximate surface area is 208 Å². The van der Waals surface area contributed by atoms with Gasteiger partial charge in [0.05, 0.1) is 12.7 Å². The summed E-state index contributed by atoms with van der Waals surface area (Å²) in [5.74, 6) is 0.738. The molecule has 3 heterocycles. The predicted octanol–water partition coefficient (Wildman–Crippen LogP) is 4.65. The standard InChI is InChI=1S/C26H27N5O3S/c1-17-7-6-8-19(13-17)16-34-21-10-9-18(15-22(21)33-2)14-20-23(27)31-25(28-24(20)32)35-26(29-31)30-11-4-3-5-12-30/h6-10,13-15,27H,3-5,11-12,16H2,1-2H3/b20-14+,27-23?. The highest BCUT2D eigenvalue weighted by atomic mass is 32.2. The zero-order valence-electron chi connectivity index (χ0n) is 19.8. The van der Waals surface area contributed by atoms with Gasteiger partial charge >= 0.3 is 0 Å². The van der Waals surface area contributed by atoms with Crippen LogP contribution in [0.15, 0.2) is 58.1 Å². The summed E-state index contributed by atoms with van der Waals surface area (Å²) in [6.45, 7) is 4.34. The van der Waals surface area contributed by atoms with Gasteiger partial charge in [-0.15, -0.1) is 5.10 Å². The number of carbonyl (C=O) groups is 1. The zero-order valence-corrected chi connectivity index (χ0v) is 20.6. The van der Waals surface area contributed by atoms with Gasteiger partial charge in [-0.05, 0) is 67.3 Å². The average molecular weight is 490 g/mol. The first-order chi connectivity index (χ1) is 17.0. The second-order valence-electron chi connectivity index (χ2n) is 8.64. The fraction of sp³-hybridized carbons (Fsp3) is 0.308. The molecule has 3 aliphatic heterocycles. The minimum atomic E-state index is -0.442. The molecule has 9 heteroatoms. The Balaban J connectivity index is 1.34. The minimum absolute atomic E-state index is 0.0262. The van der Waals surface area contributed by atoms with Crippen molar-refractivity contribution < 1.29 is 14.3 Å². The lowest BCUT2D eigenvalue weighted by Gasteiger charge is -2.26. The van der Waals surface area contributed by atoms with Gasteiger partial charge in [0.25, 0.3) is 5.91 Å². The molecule has 0 bridgehead atoms. The Morgan fingerprint density at radius 2 is 1.91 bits per heavy atom. The summed E-state index contributed by atoms with van der Waals surface area (Å²) >= 11 is 1.36. The van der Waals surface area contributed by atoms with Crippen molar-refractivity contribution in [3.05, 3.63) is 64.7 Å². The van der Waals surface area contributed by atoms with Crippen LogP contribution in [-0.4, -0.2) is 52.2 Å². The molecule has 0 aliphatic carbocycles. The molecule has 1 fully saturated rings. The number of benzene rings is 2. The van der Waals surface area contributed by atoms with Gasteiger partial charge in [0.1, 0.15) is 6.61 Å². The van der Waals surface area contributed by atoms with Crippen LogP contribution in [-0.2, 0) is 11.4 Å². The molecule has 0 spiro atoms. The molecule has 0 saturated carbocycles. The molecule has 0 atom stereocenters. The molecule has 35 heavy (non-hydrogen) atoms. The summed E-state index contributed by atoms with van der Waals surface area (Å²) in [7, 11) is 1.58. The monoisotopic (exact) mass is 489 g/mol. The van der Waals surface area contributed by atoms with E-state index in [4.69, 9.17) is 14.9 Å². The van der Waals surface area contributed by atoms with E-state index in [1.54, 1.807) is 19.3 Å². The van der Waals surface area contributed by atoms with E-state index in [0.29, 0.717) is 28.8 Å². The highest BCUT2D eigenvalue weighted by Gasteiger charge is 2.37. The van der Waals surface area contributed by atoms with Crippen LogP contribution in [0.3, 0.4) is 0 Å². The number of fused-ring (bicyclic) bond motifs is 1. The number of piperidine rings is 1. The van der Waals surface area contributed by atoms with Crippen LogP contribution in [0.5, 0.6) is 11.5 Å². The SMILES string of the molecule is COc1cc(/C=C2\C(=N)N3N=C(N4CCCCC4)SC3=NC2=O)ccc1OCc1cccc(C)c1. The number of aryl methyl sites for hydroxylation is 1. The van der Waals surface area contributed by atoms with Crippen molar-refractivity contribution in [2.45, 2.75) is 32.8 Å². The molecule has 0 radical (unpaired) electrons. The fourth-order valence-electron chi connectivity index (χ4n) is 4.22. The first-order valence-electron chi connectivity index (χ1n) is 11.6. The van der Waals surface area contributed by atoms with Gasteiger partial charge in [-0.1, -0.05) is 35.9 Å². The molecule has 1 saturated heterocycles. The number of ether oxygens (including phenoxy) is 2. The summed E-state index contributed by atoms with van der Waals surface area (Å²) in [6, 6.07) is 13.6. The summed E-state index contributed by atoms with van der Waals surface area (Å²) < 4.78 is 11.5. The molecule has 3 aliphatic rings. The molecule has 0 unspecified atom stereocenters. The topological polar surface area (TPSA) is 90.6 Å². The number of amidine groups is 3. The van der Waals surface area contributed by atoms with Crippen LogP contribution < -0.4 is 9.47 Å². The Morgan fingerprint density at radius 1 is 1.09 bits per heavy atom. The molecule has 5 rings (SSSR count). The first kappa shape index (κ1) is 23.2. The van der Waals surface area contributed by atoms with Gasteiger partial charge in [-0.3, -0.25) is 10.2 Å². The number of hydrogen-bond donors (Lipinski definition) is 1. The van der Waals surface area contributed by atoms with E-state index in [2.05, 4.69) is 21.1 Å². The van der Waals surface area contributed by atoms with Crippen molar-refractivity contribution in [3.63, 3.8) is 0 Å². The second kappa shape index (κ2) is 9.95. The smallest absolute Gasteiger partial charge is 0.283 e. The molecule has 8 nitrogen and oxygen atoms in total. The number of carbonyl (C=O) groups excluding carboxylic acids is 1. The predicted molar refractivity (Wildman–Crippen MR) is 139 cm³/mol. The number of aliphatic imine (C=N–C) groups is 1. The molecular formula is C26H27N5O3S. The normalized spacial score (nSPS) is 19.0. The van der Waals surface area contributed by atoms with Crippen LogP contribution in [0, 0.1) is 12.3 Å². The van der Waals surface area contributed by atoms with E-state index in [1.165, 1.54) is 28.8 Å². The van der Waals surface area contributed by atoms with E-state index in [-0.39, 0.29) is 11.4 Å². The number of nitrogens with zero attached hydrogens (tertiary/aromatic N) is 4. The van der Waals surface area contributed by atoms with Crippen LogP contribution in [0.2, 0.25) is 0 Å². The van der Waals surface area contributed by atoms with Crippen molar-refractivity contribution in [1.82, 2.24) is 9.91 Å². The van der Waals surface area contributed by atoms with Crippen molar-refractivity contribution in [3.8, 4) is 11.5 Å². The van der Waals surface area contributed by atoms with E-state index in [0.717, 1.165) is 36.7 Å². The minimum Gasteiger partial charge on any atom is -0.493 e. The maximum atomic E-state index is 12.8. The Morgan fingerprint density at radius 3 is 2.69 bits per heavy atom. The van der Waals surface area contributed by atoms with Gasteiger partial charge in [-0.25, -0.2) is 0 Å². The molecule has 2 aromatic carbocycles. The third kappa shape index (κ3) is 4.95. The maximum absolute atomic E-state index is 12.8. The summed E-state index contributed by atoms with van der Waals surface area (Å²) in [5.41, 5.74) is 3.15. The highest BCUT2D eigenvalue weighted by Crippen LogP contribution is 2.33. The van der Waals surface area contributed by atoms with E-state index < -0.39 is 5.91 Å². The molecular weight excluding hydrogens is 462 g/mol. The Bertz CT molecular complexity index is 1260. The van der Waals surface area contributed by atoms with E-state index in [9.17, 15) is 4.79 Å². The number of hydrogen-bond acceptors (Lipinski definition) is 7. The van der Waals surface area contributed by atoms with Crippen LogP contribution in [0.25, 0.3) is 6.08 Å². The summed E-state index contributed by atoms with van der Waals surface area (Å²) in [5, 5.41) is 15.9. The number of hydrazone groups is 1.